The zero-order valence-corrected chi connectivity index (χ0v) is 17.1. The van der Waals surface area contributed by atoms with Crippen molar-refractivity contribution in [3.8, 4) is 5.69 Å². The van der Waals surface area contributed by atoms with Gasteiger partial charge in [-0.25, -0.2) is 0 Å². The summed E-state index contributed by atoms with van der Waals surface area (Å²) < 4.78 is 0.754. The number of nitrogens with one attached hydrogen (secondary N) is 1. The molecule has 1 N–H and O–H groups in total. The van der Waals surface area contributed by atoms with E-state index >= 15 is 0 Å². The van der Waals surface area contributed by atoms with Crippen LogP contribution in [0.15, 0.2) is 59.3 Å². The highest BCUT2D eigenvalue weighted by Crippen LogP contribution is 2.23. The Morgan fingerprint density at radius 3 is 2.46 bits per heavy atom. The van der Waals surface area contributed by atoms with Gasteiger partial charge >= 0.3 is 0 Å². The average Bonchev–Trinajstić information content (AvgIpc) is 3.11. The van der Waals surface area contributed by atoms with Crippen molar-refractivity contribution in [1.82, 2.24) is 20.0 Å². The number of amides is 1. The van der Waals surface area contributed by atoms with Crippen LogP contribution in [0, 0.1) is 6.92 Å². The Balaban J connectivity index is 1.65. The van der Waals surface area contributed by atoms with Crippen LogP contribution in [-0.2, 0) is 6.42 Å². The maximum atomic E-state index is 12.5. The SMILES string of the molecule is CCc1ccc(-n2nc3cc(C)c(NC(=O)c4cncc(Br)c4)cc3n2)cc1. The Kier molecular flexibility index (Phi) is 4.92. The monoisotopic (exact) mass is 435 g/mol. The van der Waals surface area contributed by atoms with Crippen LogP contribution in [0.4, 0.5) is 5.69 Å². The summed E-state index contributed by atoms with van der Waals surface area (Å²) in [4.78, 5) is 18.2. The van der Waals surface area contributed by atoms with Gasteiger partial charge in [-0.3, -0.25) is 9.78 Å². The lowest BCUT2D eigenvalue weighted by atomic mass is 10.1. The lowest BCUT2D eigenvalue weighted by Crippen LogP contribution is -2.13. The van der Waals surface area contributed by atoms with Gasteiger partial charge in [0.1, 0.15) is 11.0 Å². The van der Waals surface area contributed by atoms with Crippen LogP contribution in [0.3, 0.4) is 0 Å². The Hall–Kier alpha value is -3.06. The van der Waals surface area contributed by atoms with E-state index in [-0.39, 0.29) is 5.91 Å². The maximum Gasteiger partial charge on any atom is 0.257 e. The summed E-state index contributed by atoms with van der Waals surface area (Å²) in [5.74, 6) is -0.223. The van der Waals surface area contributed by atoms with Crippen molar-refractivity contribution in [2.45, 2.75) is 20.3 Å². The summed E-state index contributed by atoms with van der Waals surface area (Å²) in [5.41, 5.74) is 5.75. The third-order valence-electron chi connectivity index (χ3n) is 4.52. The van der Waals surface area contributed by atoms with E-state index in [4.69, 9.17) is 0 Å². The van der Waals surface area contributed by atoms with Gasteiger partial charge in [-0.15, -0.1) is 10.2 Å². The van der Waals surface area contributed by atoms with Gasteiger partial charge in [-0.1, -0.05) is 19.1 Å². The fraction of sp³-hybridized carbons (Fsp3) is 0.143. The summed E-state index contributed by atoms with van der Waals surface area (Å²) in [5, 5.41) is 12.1. The Bertz CT molecular complexity index is 1170. The first-order valence-corrected chi connectivity index (χ1v) is 9.71. The topological polar surface area (TPSA) is 72.7 Å². The van der Waals surface area contributed by atoms with Crippen LogP contribution in [0.25, 0.3) is 16.7 Å². The molecule has 0 radical (unpaired) electrons. The lowest BCUT2D eigenvalue weighted by molar-refractivity contribution is 0.102. The molecule has 4 aromatic rings. The second-order valence-corrected chi connectivity index (χ2v) is 7.43. The van der Waals surface area contributed by atoms with Gasteiger partial charge in [0.2, 0.25) is 0 Å². The molecule has 0 saturated heterocycles. The number of pyridine rings is 1. The molecule has 2 aromatic heterocycles. The zero-order chi connectivity index (χ0) is 19.7. The number of aryl methyl sites for hydroxylation is 2. The van der Waals surface area contributed by atoms with Gasteiger partial charge in [-0.05, 0) is 70.7 Å². The zero-order valence-electron chi connectivity index (χ0n) is 15.5. The van der Waals surface area contributed by atoms with Crippen molar-refractivity contribution >= 4 is 38.6 Å². The van der Waals surface area contributed by atoms with Crippen molar-refractivity contribution in [1.29, 1.82) is 0 Å². The van der Waals surface area contributed by atoms with E-state index in [0.717, 1.165) is 27.7 Å². The molecule has 0 bridgehead atoms. The standard InChI is InChI=1S/C21H18BrN5O/c1-3-14-4-6-17(7-5-14)27-25-19-8-13(2)18(10-20(19)26-27)24-21(28)15-9-16(22)12-23-11-15/h4-12H,3H2,1-2H3,(H,24,28). The highest BCUT2D eigenvalue weighted by molar-refractivity contribution is 9.10. The predicted octanol–water partition coefficient (Wildman–Crippen LogP) is 4.70. The van der Waals surface area contributed by atoms with E-state index in [1.54, 1.807) is 17.1 Å². The van der Waals surface area contributed by atoms with Gasteiger partial charge < -0.3 is 5.32 Å². The molecule has 2 heterocycles. The normalized spacial score (nSPS) is 11.0. The summed E-state index contributed by atoms with van der Waals surface area (Å²) in [6.07, 6.45) is 4.16. The predicted molar refractivity (Wildman–Crippen MR) is 113 cm³/mol. The number of benzene rings is 2. The molecule has 6 nitrogen and oxygen atoms in total. The third kappa shape index (κ3) is 3.66. The molecule has 0 spiro atoms. The number of rotatable bonds is 4. The van der Waals surface area contributed by atoms with Crippen LogP contribution in [-0.4, -0.2) is 25.9 Å². The Morgan fingerprint density at radius 2 is 1.79 bits per heavy atom. The molecule has 7 heteroatoms. The van der Waals surface area contributed by atoms with Crippen molar-refractivity contribution in [2.24, 2.45) is 0 Å². The molecule has 28 heavy (non-hydrogen) atoms. The number of halogens is 1. The van der Waals surface area contributed by atoms with E-state index in [1.165, 1.54) is 11.8 Å². The fourth-order valence-corrected chi connectivity index (χ4v) is 3.28. The first-order chi connectivity index (χ1) is 13.5. The molecular weight excluding hydrogens is 418 g/mol. The molecule has 0 fully saturated rings. The summed E-state index contributed by atoms with van der Waals surface area (Å²) in [6.45, 7) is 4.06. The number of anilines is 1. The second-order valence-electron chi connectivity index (χ2n) is 6.51. The molecular formula is C21H18BrN5O. The van der Waals surface area contributed by atoms with Crippen molar-refractivity contribution in [2.75, 3.05) is 5.32 Å². The molecule has 140 valence electrons. The summed E-state index contributed by atoms with van der Waals surface area (Å²) in [7, 11) is 0. The molecule has 0 unspecified atom stereocenters. The smallest absolute Gasteiger partial charge is 0.257 e. The van der Waals surface area contributed by atoms with E-state index in [0.29, 0.717) is 16.8 Å². The number of fused-ring (bicyclic) bond motifs is 1. The first kappa shape index (κ1) is 18.3. The van der Waals surface area contributed by atoms with Crippen molar-refractivity contribution in [3.63, 3.8) is 0 Å². The molecule has 0 aliphatic heterocycles. The minimum Gasteiger partial charge on any atom is -0.322 e. The van der Waals surface area contributed by atoms with E-state index in [2.05, 4.69) is 55.5 Å². The van der Waals surface area contributed by atoms with Crippen molar-refractivity contribution in [3.05, 3.63) is 76.0 Å². The quantitative estimate of drug-likeness (QED) is 0.503. The number of nitrogens with zero attached hydrogens (tertiary/aromatic N) is 4. The van der Waals surface area contributed by atoms with Gasteiger partial charge in [0.05, 0.1) is 11.3 Å². The van der Waals surface area contributed by atoms with E-state index in [1.807, 2.05) is 31.2 Å². The maximum absolute atomic E-state index is 12.5. The van der Waals surface area contributed by atoms with Gasteiger partial charge in [-0.2, -0.15) is 4.80 Å². The van der Waals surface area contributed by atoms with Crippen LogP contribution in [0.1, 0.15) is 28.4 Å². The van der Waals surface area contributed by atoms with Crippen molar-refractivity contribution < 1.29 is 4.79 Å². The van der Waals surface area contributed by atoms with Crippen LogP contribution >= 0.6 is 15.9 Å². The van der Waals surface area contributed by atoms with Gasteiger partial charge in [0.25, 0.3) is 5.91 Å². The number of hydrogen-bond acceptors (Lipinski definition) is 4. The Morgan fingerprint density at radius 1 is 1.07 bits per heavy atom. The van der Waals surface area contributed by atoms with Crippen LogP contribution in [0.5, 0.6) is 0 Å². The highest BCUT2D eigenvalue weighted by atomic mass is 79.9. The Labute approximate surface area is 170 Å². The van der Waals surface area contributed by atoms with E-state index in [9.17, 15) is 4.79 Å². The van der Waals surface area contributed by atoms with Crippen LogP contribution in [0.2, 0.25) is 0 Å². The summed E-state index contributed by atoms with van der Waals surface area (Å²) >= 11 is 3.33. The van der Waals surface area contributed by atoms with E-state index < -0.39 is 0 Å². The number of hydrogen-bond donors (Lipinski definition) is 1. The lowest BCUT2D eigenvalue weighted by Gasteiger charge is -2.08. The van der Waals surface area contributed by atoms with Gasteiger partial charge in [0.15, 0.2) is 0 Å². The minimum atomic E-state index is -0.223. The molecule has 0 aliphatic carbocycles. The number of aromatic nitrogens is 4. The number of carbonyl (C=O) groups excluding carboxylic acids is 1. The molecule has 1 amide bonds. The minimum absolute atomic E-state index is 0.223. The summed E-state index contributed by atoms with van der Waals surface area (Å²) in [6, 6.07) is 13.7. The molecule has 0 atom stereocenters. The second kappa shape index (κ2) is 7.52. The number of carbonyl (C=O) groups is 1. The largest absolute Gasteiger partial charge is 0.322 e. The first-order valence-electron chi connectivity index (χ1n) is 8.92. The average molecular weight is 436 g/mol. The molecule has 0 aliphatic rings. The van der Waals surface area contributed by atoms with Gasteiger partial charge in [0, 0.05) is 22.6 Å². The fourth-order valence-electron chi connectivity index (χ4n) is 2.91. The molecule has 4 rings (SSSR count). The third-order valence-corrected chi connectivity index (χ3v) is 4.95. The molecule has 0 saturated carbocycles. The molecule has 2 aromatic carbocycles. The van der Waals surface area contributed by atoms with Crippen LogP contribution < -0.4 is 5.32 Å². The highest BCUT2D eigenvalue weighted by Gasteiger charge is 2.12.